The molecule has 0 aromatic rings. The molecule has 1 atom stereocenters. The van der Waals surface area contributed by atoms with Crippen molar-refractivity contribution in [2.24, 2.45) is 4.99 Å². The van der Waals surface area contributed by atoms with Crippen molar-refractivity contribution in [3.63, 3.8) is 0 Å². The second-order valence-corrected chi connectivity index (χ2v) is 7.13. The van der Waals surface area contributed by atoms with Crippen LogP contribution in [0.25, 0.3) is 0 Å². The number of guanidine groups is 1. The third-order valence-electron chi connectivity index (χ3n) is 5.05. The highest BCUT2D eigenvalue weighted by atomic mass is 15.2. The molecule has 0 aromatic heterocycles. The van der Waals surface area contributed by atoms with E-state index in [1.807, 2.05) is 0 Å². The van der Waals surface area contributed by atoms with Crippen molar-refractivity contribution in [2.75, 3.05) is 39.3 Å². The fourth-order valence-corrected chi connectivity index (χ4v) is 3.63. The molecule has 2 rings (SSSR count). The number of likely N-dealkylation sites (tertiary alicyclic amines) is 1. The smallest absolute Gasteiger partial charge is 0.191 e. The van der Waals surface area contributed by atoms with E-state index in [0.717, 1.165) is 44.7 Å². The molecular weight excluding hydrogens is 286 g/mol. The van der Waals surface area contributed by atoms with E-state index in [9.17, 15) is 0 Å². The van der Waals surface area contributed by atoms with Crippen molar-refractivity contribution in [1.29, 1.82) is 0 Å². The molecule has 2 N–H and O–H groups in total. The van der Waals surface area contributed by atoms with E-state index < -0.39 is 0 Å². The van der Waals surface area contributed by atoms with Gasteiger partial charge in [-0.1, -0.05) is 6.92 Å². The molecule has 0 radical (unpaired) electrons. The van der Waals surface area contributed by atoms with Crippen LogP contribution < -0.4 is 10.6 Å². The first-order valence-electron chi connectivity index (χ1n) is 9.67. The molecular formula is C18H37N5. The molecule has 1 aliphatic heterocycles. The van der Waals surface area contributed by atoms with Gasteiger partial charge in [-0.15, -0.1) is 0 Å². The van der Waals surface area contributed by atoms with Crippen molar-refractivity contribution in [2.45, 2.75) is 71.5 Å². The maximum absolute atomic E-state index is 4.83. The highest BCUT2D eigenvalue weighted by Gasteiger charge is 2.30. The van der Waals surface area contributed by atoms with Gasteiger partial charge in [-0.25, -0.2) is 0 Å². The van der Waals surface area contributed by atoms with Gasteiger partial charge in [0.05, 0.1) is 6.54 Å². The molecule has 1 unspecified atom stereocenters. The normalized spacial score (nSPS) is 23.0. The summed E-state index contributed by atoms with van der Waals surface area (Å²) in [6.45, 7) is 15.3. The Kier molecular flexibility index (Phi) is 7.63. The molecule has 1 heterocycles. The average molecular weight is 324 g/mol. The van der Waals surface area contributed by atoms with Crippen molar-refractivity contribution in [1.82, 2.24) is 20.4 Å². The summed E-state index contributed by atoms with van der Waals surface area (Å²) in [6.07, 6.45) is 5.37. The lowest BCUT2D eigenvalue weighted by molar-refractivity contribution is 0.215. The summed E-state index contributed by atoms with van der Waals surface area (Å²) in [5.41, 5.74) is 0. The summed E-state index contributed by atoms with van der Waals surface area (Å²) >= 11 is 0. The van der Waals surface area contributed by atoms with Crippen LogP contribution in [-0.2, 0) is 0 Å². The van der Waals surface area contributed by atoms with Gasteiger partial charge < -0.3 is 10.6 Å². The van der Waals surface area contributed by atoms with E-state index in [1.165, 1.54) is 32.2 Å². The van der Waals surface area contributed by atoms with Crippen molar-refractivity contribution in [3.8, 4) is 0 Å². The Morgan fingerprint density at radius 2 is 2.00 bits per heavy atom. The van der Waals surface area contributed by atoms with Gasteiger partial charge in [-0.2, -0.15) is 0 Å². The van der Waals surface area contributed by atoms with Crippen LogP contribution >= 0.6 is 0 Å². The van der Waals surface area contributed by atoms with E-state index in [2.05, 4.69) is 48.1 Å². The molecule has 0 aromatic carbocycles. The molecule has 1 saturated heterocycles. The quantitative estimate of drug-likeness (QED) is 0.502. The Labute approximate surface area is 142 Å². The van der Waals surface area contributed by atoms with E-state index in [1.54, 1.807) is 0 Å². The largest absolute Gasteiger partial charge is 0.357 e. The lowest BCUT2D eigenvalue weighted by atomic mass is 10.2. The van der Waals surface area contributed by atoms with Gasteiger partial charge in [-0.3, -0.25) is 14.8 Å². The first kappa shape index (κ1) is 18.5. The zero-order valence-electron chi connectivity index (χ0n) is 15.6. The summed E-state index contributed by atoms with van der Waals surface area (Å²) < 4.78 is 0. The Morgan fingerprint density at radius 1 is 1.22 bits per heavy atom. The number of nitrogens with zero attached hydrogens (tertiary/aromatic N) is 3. The summed E-state index contributed by atoms with van der Waals surface area (Å²) in [6, 6.07) is 2.10. The highest BCUT2D eigenvalue weighted by molar-refractivity contribution is 5.79. The maximum atomic E-state index is 4.83. The van der Waals surface area contributed by atoms with Crippen LogP contribution in [0.4, 0.5) is 0 Å². The molecule has 23 heavy (non-hydrogen) atoms. The number of hydrogen-bond donors (Lipinski definition) is 2. The minimum Gasteiger partial charge on any atom is -0.357 e. The topological polar surface area (TPSA) is 42.9 Å². The van der Waals surface area contributed by atoms with Gasteiger partial charge in [0.2, 0.25) is 0 Å². The van der Waals surface area contributed by atoms with Crippen LogP contribution in [-0.4, -0.2) is 73.2 Å². The van der Waals surface area contributed by atoms with Crippen LogP contribution in [0.1, 0.15) is 53.4 Å². The molecule has 1 saturated carbocycles. The van der Waals surface area contributed by atoms with Gasteiger partial charge in [0.1, 0.15) is 0 Å². The summed E-state index contributed by atoms with van der Waals surface area (Å²) in [5, 5.41) is 6.91. The van der Waals surface area contributed by atoms with Crippen molar-refractivity contribution >= 4 is 5.96 Å². The molecule has 0 spiro atoms. The first-order chi connectivity index (χ1) is 11.2. The first-order valence-corrected chi connectivity index (χ1v) is 9.67. The number of likely N-dealkylation sites (N-methyl/N-ethyl adjacent to an activating group) is 1. The molecule has 2 fully saturated rings. The number of aliphatic imine (C=N–C) groups is 1. The molecule has 1 aliphatic carbocycles. The van der Waals surface area contributed by atoms with Crippen LogP contribution in [0.2, 0.25) is 0 Å². The molecule has 134 valence electrons. The summed E-state index contributed by atoms with van der Waals surface area (Å²) in [7, 11) is 0. The van der Waals surface area contributed by atoms with Gasteiger partial charge in [0, 0.05) is 37.8 Å². The Bertz CT molecular complexity index is 362. The fourth-order valence-electron chi connectivity index (χ4n) is 3.63. The van der Waals surface area contributed by atoms with Gasteiger partial charge >= 0.3 is 0 Å². The third-order valence-corrected chi connectivity index (χ3v) is 5.05. The minimum atomic E-state index is 0.633. The maximum Gasteiger partial charge on any atom is 0.191 e. The third kappa shape index (κ3) is 5.96. The van der Waals surface area contributed by atoms with Crippen molar-refractivity contribution in [3.05, 3.63) is 0 Å². The Morgan fingerprint density at radius 3 is 2.61 bits per heavy atom. The van der Waals surface area contributed by atoms with Crippen LogP contribution in [0.3, 0.4) is 0 Å². The van der Waals surface area contributed by atoms with Crippen molar-refractivity contribution < 1.29 is 0 Å². The zero-order chi connectivity index (χ0) is 16.7. The molecule has 0 amide bonds. The second-order valence-electron chi connectivity index (χ2n) is 7.13. The SMILES string of the molecule is CCNC(=NCC1CCCN1CC)NCCN(C(C)C)C1CC1. The molecule has 0 bridgehead atoms. The second kappa shape index (κ2) is 9.48. The predicted molar refractivity (Wildman–Crippen MR) is 99.1 cm³/mol. The fraction of sp³-hybridized carbons (Fsp3) is 0.944. The minimum absolute atomic E-state index is 0.633. The van der Waals surface area contributed by atoms with Gasteiger partial charge in [0.15, 0.2) is 5.96 Å². The number of rotatable bonds is 9. The molecule has 2 aliphatic rings. The number of hydrogen-bond acceptors (Lipinski definition) is 3. The summed E-state index contributed by atoms with van der Waals surface area (Å²) in [5.74, 6) is 0.981. The predicted octanol–water partition coefficient (Wildman–Crippen LogP) is 1.90. The van der Waals surface area contributed by atoms with Crippen LogP contribution in [0.5, 0.6) is 0 Å². The van der Waals surface area contributed by atoms with Gasteiger partial charge in [0.25, 0.3) is 0 Å². The van der Waals surface area contributed by atoms with E-state index >= 15 is 0 Å². The lowest BCUT2D eigenvalue weighted by Crippen LogP contribution is -2.44. The Balaban J connectivity index is 1.77. The van der Waals surface area contributed by atoms with E-state index in [0.29, 0.717) is 12.1 Å². The molecule has 5 heteroatoms. The van der Waals surface area contributed by atoms with Crippen LogP contribution in [0.15, 0.2) is 4.99 Å². The van der Waals surface area contributed by atoms with Gasteiger partial charge in [-0.05, 0) is 59.5 Å². The zero-order valence-corrected chi connectivity index (χ0v) is 15.6. The summed E-state index contributed by atoms with van der Waals surface area (Å²) in [4.78, 5) is 10.0. The molecule has 5 nitrogen and oxygen atoms in total. The Hall–Kier alpha value is -0.810. The number of nitrogens with one attached hydrogen (secondary N) is 2. The standard InChI is InChI=1S/C18H37N5/c1-5-19-18(21-14-17-8-7-12-22(17)6-2)20-11-13-23(15(3)4)16-9-10-16/h15-17H,5-14H2,1-4H3,(H2,19,20,21). The monoisotopic (exact) mass is 323 g/mol. The van der Waals surface area contributed by atoms with E-state index in [-0.39, 0.29) is 0 Å². The average Bonchev–Trinajstić information content (AvgIpc) is 3.26. The van der Waals surface area contributed by atoms with Crippen LogP contribution in [0, 0.1) is 0 Å². The van der Waals surface area contributed by atoms with E-state index in [4.69, 9.17) is 4.99 Å². The highest BCUT2D eigenvalue weighted by Crippen LogP contribution is 2.27. The lowest BCUT2D eigenvalue weighted by Gasteiger charge is -2.27.